The van der Waals surface area contributed by atoms with E-state index in [-0.39, 0.29) is 0 Å². The van der Waals surface area contributed by atoms with Gasteiger partial charge in [-0.1, -0.05) is 11.6 Å². The summed E-state index contributed by atoms with van der Waals surface area (Å²) in [4.78, 5) is 3.19. The van der Waals surface area contributed by atoms with Crippen molar-refractivity contribution in [3.8, 4) is 5.69 Å². The van der Waals surface area contributed by atoms with Gasteiger partial charge in [-0.05, 0) is 53.3 Å². The molecule has 0 amide bonds. The lowest BCUT2D eigenvalue weighted by Gasteiger charge is -2.06. The lowest BCUT2D eigenvalue weighted by atomic mass is 10.3. The zero-order valence-electron chi connectivity index (χ0n) is 10.2. The molecule has 0 bridgehead atoms. The molecule has 19 heavy (non-hydrogen) atoms. The molecule has 3 rings (SSSR count). The van der Waals surface area contributed by atoms with E-state index in [4.69, 9.17) is 23.8 Å². The second kappa shape index (κ2) is 4.47. The summed E-state index contributed by atoms with van der Waals surface area (Å²) in [6, 6.07) is 5.71. The van der Waals surface area contributed by atoms with Crippen LogP contribution in [-0.4, -0.2) is 19.3 Å². The Labute approximate surface area is 128 Å². The van der Waals surface area contributed by atoms with Crippen molar-refractivity contribution in [3.63, 3.8) is 0 Å². The SMILES string of the molecule is Cc1nn(C)c2c1[nH]c(=S)n2-c1ccc(Cl)c(Br)c1. The van der Waals surface area contributed by atoms with Gasteiger partial charge >= 0.3 is 0 Å². The maximum Gasteiger partial charge on any atom is 0.184 e. The highest BCUT2D eigenvalue weighted by Crippen LogP contribution is 2.27. The molecule has 0 spiro atoms. The van der Waals surface area contributed by atoms with Gasteiger partial charge in [0.15, 0.2) is 10.4 Å². The van der Waals surface area contributed by atoms with Gasteiger partial charge in [0, 0.05) is 11.5 Å². The number of H-pyrrole nitrogens is 1. The fraction of sp³-hybridized carbons (Fsp3) is 0.167. The van der Waals surface area contributed by atoms with E-state index in [2.05, 4.69) is 26.0 Å². The predicted molar refractivity (Wildman–Crippen MR) is 82.7 cm³/mol. The molecule has 7 heteroatoms. The summed E-state index contributed by atoms with van der Waals surface area (Å²) in [5, 5.41) is 5.07. The number of aromatic amines is 1. The van der Waals surface area contributed by atoms with E-state index in [0.29, 0.717) is 9.79 Å². The fourth-order valence-electron chi connectivity index (χ4n) is 2.17. The van der Waals surface area contributed by atoms with Crippen molar-refractivity contribution in [2.45, 2.75) is 6.92 Å². The van der Waals surface area contributed by atoms with E-state index in [9.17, 15) is 0 Å². The first-order valence-corrected chi connectivity index (χ1v) is 7.16. The second-order valence-electron chi connectivity index (χ2n) is 4.27. The van der Waals surface area contributed by atoms with Crippen LogP contribution >= 0.6 is 39.7 Å². The summed E-state index contributed by atoms with van der Waals surface area (Å²) in [5.74, 6) is 0. The van der Waals surface area contributed by atoms with Crippen molar-refractivity contribution in [2.24, 2.45) is 7.05 Å². The normalized spacial score (nSPS) is 11.4. The number of hydrogen-bond acceptors (Lipinski definition) is 2. The van der Waals surface area contributed by atoms with Crippen molar-refractivity contribution in [1.29, 1.82) is 0 Å². The van der Waals surface area contributed by atoms with Gasteiger partial charge in [-0.2, -0.15) is 5.10 Å². The summed E-state index contributed by atoms with van der Waals surface area (Å²) >= 11 is 14.9. The lowest BCUT2D eigenvalue weighted by molar-refractivity contribution is 0.759. The van der Waals surface area contributed by atoms with E-state index in [0.717, 1.165) is 27.0 Å². The maximum atomic E-state index is 6.03. The molecule has 1 N–H and O–H groups in total. The number of nitrogens with one attached hydrogen (secondary N) is 1. The van der Waals surface area contributed by atoms with Gasteiger partial charge < -0.3 is 4.98 Å². The van der Waals surface area contributed by atoms with Crippen LogP contribution in [0.4, 0.5) is 0 Å². The Hall–Kier alpha value is -1.11. The van der Waals surface area contributed by atoms with E-state index in [1.54, 1.807) is 0 Å². The van der Waals surface area contributed by atoms with E-state index in [1.165, 1.54) is 0 Å². The minimum Gasteiger partial charge on any atom is -0.327 e. The van der Waals surface area contributed by atoms with Crippen LogP contribution in [0.15, 0.2) is 22.7 Å². The molecule has 98 valence electrons. The molecule has 0 fully saturated rings. The molecule has 0 saturated carbocycles. The number of rotatable bonds is 1. The molecular formula is C12H10BrClN4S. The van der Waals surface area contributed by atoms with Gasteiger partial charge in [0.1, 0.15) is 5.52 Å². The Morgan fingerprint density at radius 2 is 2.16 bits per heavy atom. The van der Waals surface area contributed by atoms with Crippen LogP contribution in [0.1, 0.15) is 5.69 Å². The molecule has 2 heterocycles. The van der Waals surface area contributed by atoms with Gasteiger partial charge in [0.2, 0.25) is 0 Å². The van der Waals surface area contributed by atoms with Crippen molar-refractivity contribution in [1.82, 2.24) is 19.3 Å². The maximum absolute atomic E-state index is 6.03. The van der Waals surface area contributed by atoms with Crippen LogP contribution in [0.3, 0.4) is 0 Å². The number of nitrogens with zero attached hydrogens (tertiary/aromatic N) is 3. The first-order valence-electron chi connectivity index (χ1n) is 5.59. The number of imidazole rings is 1. The molecule has 0 aliphatic carbocycles. The predicted octanol–water partition coefficient (Wildman–Crippen LogP) is 4.15. The number of halogens is 2. The molecule has 0 unspecified atom stereocenters. The standard InChI is InChI=1S/C12H10BrClN4S/c1-6-10-11(17(2)16-6)18(12(19)15-10)7-3-4-9(14)8(13)5-7/h3-5H,1-2H3,(H,15,19). The van der Waals surface area contributed by atoms with Crippen LogP contribution < -0.4 is 0 Å². The average Bonchev–Trinajstić information content (AvgIpc) is 2.82. The third kappa shape index (κ3) is 1.94. The molecule has 4 nitrogen and oxygen atoms in total. The van der Waals surface area contributed by atoms with E-state index in [1.807, 2.05) is 41.4 Å². The summed E-state index contributed by atoms with van der Waals surface area (Å²) < 4.78 is 5.24. The number of aromatic nitrogens is 4. The molecule has 0 radical (unpaired) electrons. The third-order valence-corrected chi connectivity index (χ3v) is 4.50. The highest BCUT2D eigenvalue weighted by molar-refractivity contribution is 9.10. The second-order valence-corrected chi connectivity index (χ2v) is 5.92. The number of fused-ring (bicyclic) bond motifs is 1. The molecule has 0 saturated heterocycles. The van der Waals surface area contributed by atoms with Gasteiger partial charge in [0.05, 0.1) is 16.4 Å². The van der Waals surface area contributed by atoms with Crippen molar-refractivity contribution < 1.29 is 0 Å². The molecular weight excluding hydrogens is 348 g/mol. The van der Waals surface area contributed by atoms with E-state index < -0.39 is 0 Å². The first-order chi connectivity index (χ1) is 8.99. The number of aryl methyl sites for hydroxylation is 2. The van der Waals surface area contributed by atoms with Crippen LogP contribution in [0.25, 0.3) is 16.9 Å². The Balaban J connectivity index is 2.38. The monoisotopic (exact) mass is 356 g/mol. The molecule has 2 aromatic heterocycles. The van der Waals surface area contributed by atoms with Gasteiger partial charge in [-0.3, -0.25) is 4.57 Å². The summed E-state index contributed by atoms with van der Waals surface area (Å²) in [7, 11) is 1.90. The zero-order chi connectivity index (χ0) is 13.7. The van der Waals surface area contributed by atoms with Gasteiger partial charge in [0.25, 0.3) is 0 Å². The van der Waals surface area contributed by atoms with Crippen molar-refractivity contribution in [2.75, 3.05) is 0 Å². The minimum absolute atomic E-state index is 0.639. The first kappa shape index (κ1) is 12.9. The van der Waals surface area contributed by atoms with E-state index >= 15 is 0 Å². The van der Waals surface area contributed by atoms with Crippen LogP contribution in [0, 0.1) is 11.7 Å². The Kier molecular flexibility index (Phi) is 3.03. The average molecular weight is 358 g/mol. The van der Waals surface area contributed by atoms with Crippen molar-refractivity contribution >= 4 is 50.9 Å². The third-order valence-electron chi connectivity index (χ3n) is 3.00. The molecule has 0 aliphatic heterocycles. The number of hydrogen-bond donors (Lipinski definition) is 1. The smallest absolute Gasteiger partial charge is 0.184 e. The Bertz CT molecular complexity index is 845. The Morgan fingerprint density at radius 1 is 1.42 bits per heavy atom. The van der Waals surface area contributed by atoms with Crippen molar-refractivity contribution in [3.05, 3.63) is 38.2 Å². The molecule has 1 aromatic carbocycles. The minimum atomic E-state index is 0.639. The summed E-state index contributed by atoms with van der Waals surface area (Å²) in [5.41, 5.74) is 3.76. The summed E-state index contributed by atoms with van der Waals surface area (Å²) in [6.45, 7) is 1.95. The molecule has 3 aromatic rings. The van der Waals surface area contributed by atoms with Crippen LogP contribution in [0.5, 0.6) is 0 Å². The van der Waals surface area contributed by atoms with Gasteiger partial charge in [-0.25, -0.2) is 4.68 Å². The topological polar surface area (TPSA) is 38.5 Å². The van der Waals surface area contributed by atoms with Crippen LogP contribution in [-0.2, 0) is 7.05 Å². The number of benzene rings is 1. The lowest BCUT2D eigenvalue weighted by Crippen LogP contribution is -2.00. The quantitative estimate of drug-likeness (QED) is 0.665. The highest BCUT2D eigenvalue weighted by atomic mass is 79.9. The van der Waals surface area contributed by atoms with Gasteiger partial charge in [-0.15, -0.1) is 0 Å². The van der Waals surface area contributed by atoms with Crippen LogP contribution in [0.2, 0.25) is 5.02 Å². The largest absolute Gasteiger partial charge is 0.327 e. The highest BCUT2D eigenvalue weighted by Gasteiger charge is 2.14. The Morgan fingerprint density at radius 3 is 2.84 bits per heavy atom. The zero-order valence-corrected chi connectivity index (χ0v) is 13.4. The fourth-order valence-corrected chi connectivity index (χ4v) is 2.95. The molecule has 0 aliphatic rings. The summed E-state index contributed by atoms with van der Waals surface area (Å²) in [6.07, 6.45) is 0. The molecule has 0 atom stereocenters.